The molecule has 1 aromatic carbocycles. The summed E-state index contributed by atoms with van der Waals surface area (Å²) in [5.74, 6) is -2.00. The van der Waals surface area contributed by atoms with Crippen molar-refractivity contribution in [3.05, 3.63) is 57.8 Å². The fourth-order valence-electron chi connectivity index (χ4n) is 1.89. The van der Waals surface area contributed by atoms with Gasteiger partial charge in [0, 0.05) is 17.8 Å². The summed E-state index contributed by atoms with van der Waals surface area (Å²) >= 11 is 0. The Bertz CT molecular complexity index is 772. The first-order chi connectivity index (χ1) is 10.5. The topological polar surface area (TPSA) is 120 Å². The average Bonchev–Trinajstić information content (AvgIpc) is 2.53. The minimum Gasteiger partial charge on any atom is -0.478 e. The smallest absolute Gasteiger partial charge is 0.338 e. The van der Waals surface area contributed by atoms with E-state index in [1.807, 2.05) is 0 Å². The van der Waals surface area contributed by atoms with E-state index < -0.39 is 22.5 Å². The summed E-state index contributed by atoms with van der Waals surface area (Å²) in [5, 5.41) is 20.1. The number of pyridine rings is 1. The van der Waals surface area contributed by atoms with Crippen molar-refractivity contribution in [2.24, 2.45) is 0 Å². The van der Waals surface area contributed by atoms with Crippen molar-refractivity contribution in [1.29, 1.82) is 0 Å². The molecule has 8 nitrogen and oxygen atoms in total. The number of hydrogen-bond donors (Lipinski definition) is 1. The second-order valence-corrected chi connectivity index (χ2v) is 4.19. The number of rotatable bonds is 4. The number of ether oxygens (including phenoxy) is 1. The van der Waals surface area contributed by atoms with E-state index in [9.17, 15) is 19.7 Å². The molecule has 8 heteroatoms. The Morgan fingerprint density at radius 2 is 2.00 bits per heavy atom. The van der Waals surface area contributed by atoms with Gasteiger partial charge in [-0.1, -0.05) is 18.2 Å². The summed E-state index contributed by atoms with van der Waals surface area (Å²) < 4.78 is 4.63. The number of nitro groups is 1. The highest BCUT2D eigenvalue weighted by Gasteiger charge is 2.24. The van der Waals surface area contributed by atoms with Crippen LogP contribution >= 0.6 is 0 Å². The molecule has 0 aliphatic carbocycles. The molecule has 1 aromatic heterocycles. The molecule has 0 bridgehead atoms. The van der Waals surface area contributed by atoms with E-state index in [1.165, 1.54) is 19.2 Å². The van der Waals surface area contributed by atoms with Gasteiger partial charge in [0.25, 0.3) is 5.69 Å². The summed E-state index contributed by atoms with van der Waals surface area (Å²) in [6, 6.07) is 6.98. The van der Waals surface area contributed by atoms with Gasteiger partial charge in [0.15, 0.2) is 0 Å². The van der Waals surface area contributed by atoms with Crippen LogP contribution in [0, 0.1) is 10.1 Å². The van der Waals surface area contributed by atoms with Crippen molar-refractivity contribution in [2.75, 3.05) is 7.11 Å². The summed E-state index contributed by atoms with van der Waals surface area (Å²) in [6.07, 6.45) is 0.999. The van der Waals surface area contributed by atoms with Gasteiger partial charge in [-0.15, -0.1) is 0 Å². The maximum atomic E-state index is 11.7. The zero-order chi connectivity index (χ0) is 16.3. The fourth-order valence-corrected chi connectivity index (χ4v) is 1.89. The normalized spacial score (nSPS) is 10.0. The highest BCUT2D eigenvalue weighted by molar-refractivity contribution is 5.98. The Morgan fingerprint density at radius 1 is 1.32 bits per heavy atom. The van der Waals surface area contributed by atoms with Gasteiger partial charge < -0.3 is 9.84 Å². The van der Waals surface area contributed by atoms with Gasteiger partial charge in [0.1, 0.15) is 5.69 Å². The second kappa shape index (κ2) is 6.00. The monoisotopic (exact) mass is 302 g/mol. The largest absolute Gasteiger partial charge is 0.478 e. The lowest BCUT2D eigenvalue weighted by atomic mass is 10.0. The van der Waals surface area contributed by atoms with Gasteiger partial charge in [-0.25, -0.2) is 14.6 Å². The molecule has 0 aliphatic rings. The maximum Gasteiger partial charge on any atom is 0.338 e. The first kappa shape index (κ1) is 15.1. The number of aromatic carboxylic acids is 1. The minimum atomic E-state index is -1.33. The molecule has 0 spiro atoms. The third kappa shape index (κ3) is 2.75. The summed E-state index contributed by atoms with van der Waals surface area (Å²) in [4.78, 5) is 36.9. The van der Waals surface area contributed by atoms with Gasteiger partial charge in [0.05, 0.1) is 23.2 Å². The molecule has 0 fully saturated rings. The van der Waals surface area contributed by atoms with Gasteiger partial charge in [0.2, 0.25) is 0 Å². The lowest BCUT2D eigenvalue weighted by molar-refractivity contribution is -0.384. The van der Waals surface area contributed by atoms with Crippen LogP contribution in [0.4, 0.5) is 5.69 Å². The molecule has 0 radical (unpaired) electrons. The third-order valence-electron chi connectivity index (χ3n) is 2.90. The predicted molar refractivity (Wildman–Crippen MR) is 74.6 cm³/mol. The number of carbonyl (C=O) groups is 2. The van der Waals surface area contributed by atoms with Crippen molar-refractivity contribution in [3.63, 3.8) is 0 Å². The average molecular weight is 302 g/mol. The van der Waals surface area contributed by atoms with Gasteiger partial charge >= 0.3 is 11.9 Å². The zero-order valence-electron chi connectivity index (χ0n) is 11.3. The number of carboxylic acids is 1. The van der Waals surface area contributed by atoms with Crippen LogP contribution in [0.2, 0.25) is 0 Å². The number of methoxy groups -OCH3 is 1. The number of benzene rings is 1. The molecule has 22 heavy (non-hydrogen) atoms. The molecule has 112 valence electrons. The third-order valence-corrected chi connectivity index (χ3v) is 2.90. The molecule has 2 rings (SSSR count). The van der Waals surface area contributed by atoms with Crippen LogP contribution in [0.15, 0.2) is 36.5 Å². The van der Waals surface area contributed by atoms with Crippen molar-refractivity contribution >= 4 is 17.6 Å². The zero-order valence-corrected chi connectivity index (χ0v) is 11.3. The lowest BCUT2D eigenvalue weighted by Crippen LogP contribution is -2.06. The molecule has 0 unspecified atom stereocenters. The first-order valence-electron chi connectivity index (χ1n) is 6.01. The SMILES string of the molecule is COC(=O)c1ccccc1-c1ncc(C(=O)O)cc1[N+](=O)[O-]. The standard InChI is InChI=1S/C14H10N2O6/c1-22-14(19)10-5-3-2-4-9(10)12-11(16(20)21)6-8(7-15-12)13(17)18/h2-7H,1H3,(H,17,18). The highest BCUT2D eigenvalue weighted by atomic mass is 16.6. The van der Waals surface area contributed by atoms with Crippen LogP contribution in [-0.2, 0) is 4.74 Å². The van der Waals surface area contributed by atoms with Gasteiger partial charge in [-0.3, -0.25) is 10.1 Å². The number of hydrogen-bond acceptors (Lipinski definition) is 6. The van der Waals surface area contributed by atoms with E-state index in [2.05, 4.69) is 9.72 Å². The lowest BCUT2D eigenvalue weighted by Gasteiger charge is -2.08. The number of nitrogens with zero attached hydrogens (tertiary/aromatic N) is 2. The molecule has 0 saturated carbocycles. The Hall–Kier alpha value is -3.29. The van der Waals surface area contributed by atoms with Crippen molar-refractivity contribution in [3.8, 4) is 11.3 Å². The Balaban J connectivity index is 2.70. The first-order valence-corrected chi connectivity index (χ1v) is 6.01. The Morgan fingerprint density at radius 3 is 2.59 bits per heavy atom. The molecule has 1 heterocycles. The fraction of sp³-hybridized carbons (Fsp3) is 0.0714. The van der Waals surface area contributed by atoms with E-state index in [0.29, 0.717) is 0 Å². The molecular weight excluding hydrogens is 292 g/mol. The second-order valence-electron chi connectivity index (χ2n) is 4.19. The van der Waals surface area contributed by atoms with Gasteiger partial charge in [-0.05, 0) is 6.07 Å². The highest BCUT2D eigenvalue weighted by Crippen LogP contribution is 2.31. The van der Waals surface area contributed by atoms with Crippen LogP contribution < -0.4 is 0 Å². The summed E-state index contributed by atoms with van der Waals surface area (Å²) in [5.41, 5.74) is -0.625. The number of carboxylic acid groups (broad SMARTS) is 1. The Labute approximate surface area is 124 Å². The van der Waals surface area contributed by atoms with E-state index in [4.69, 9.17) is 5.11 Å². The number of aromatic nitrogens is 1. The number of carbonyl (C=O) groups excluding carboxylic acids is 1. The molecule has 0 atom stereocenters. The number of esters is 1. The Kier molecular flexibility index (Phi) is 4.12. The van der Waals surface area contributed by atoms with Gasteiger partial charge in [-0.2, -0.15) is 0 Å². The molecule has 0 amide bonds. The summed E-state index contributed by atoms with van der Waals surface area (Å²) in [7, 11) is 1.19. The van der Waals surface area contributed by atoms with Crippen molar-refractivity contribution in [1.82, 2.24) is 4.98 Å². The van der Waals surface area contributed by atoms with Crippen molar-refractivity contribution in [2.45, 2.75) is 0 Å². The van der Waals surface area contributed by atoms with E-state index in [-0.39, 0.29) is 22.4 Å². The van der Waals surface area contributed by atoms with E-state index >= 15 is 0 Å². The molecule has 0 aliphatic heterocycles. The minimum absolute atomic E-state index is 0.101. The quantitative estimate of drug-likeness (QED) is 0.522. The van der Waals surface area contributed by atoms with Crippen LogP contribution in [-0.4, -0.2) is 34.1 Å². The van der Waals surface area contributed by atoms with Crippen LogP contribution in [0.25, 0.3) is 11.3 Å². The summed E-state index contributed by atoms with van der Waals surface area (Å²) in [6.45, 7) is 0. The predicted octanol–water partition coefficient (Wildman–Crippen LogP) is 2.14. The molecule has 0 saturated heterocycles. The molecular formula is C14H10N2O6. The van der Waals surface area contributed by atoms with Crippen LogP contribution in [0.3, 0.4) is 0 Å². The molecule has 1 N–H and O–H groups in total. The molecule has 2 aromatic rings. The maximum absolute atomic E-state index is 11.7. The van der Waals surface area contributed by atoms with Crippen LogP contribution in [0.5, 0.6) is 0 Å². The van der Waals surface area contributed by atoms with E-state index in [0.717, 1.165) is 12.3 Å². The van der Waals surface area contributed by atoms with Crippen molar-refractivity contribution < 1.29 is 24.4 Å². The van der Waals surface area contributed by atoms with Crippen LogP contribution in [0.1, 0.15) is 20.7 Å². The van der Waals surface area contributed by atoms with E-state index in [1.54, 1.807) is 12.1 Å².